The minimum absolute atomic E-state index is 0.332. The van der Waals surface area contributed by atoms with Crippen molar-refractivity contribution < 1.29 is 0 Å². The quantitative estimate of drug-likeness (QED) is 0.222. The van der Waals surface area contributed by atoms with Crippen LogP contribution in [0.4, 0.5) is 0 Å². The Morgan fingerprint density at radius 2 is 1.45 bits per heavy atom. The van der Waals surface area contributed by atoms with E-state index in [2.05, 4.69) is 135 Å². The van der Waals surface area contributed by atoms with Crippen LogP contribution in [0.5, 0.6) is 0 Å². The van der Waals surface area contributed by atoms with Crippen molar-refractivity contribution in [3.63, 3.8) is 0 Å². The molecule has 194 valence electrons. The maximum absolute atomic E-state index is 4.83. The van der Waals surface area contributed by atoms with Crippen molar-refractivity contribution in [2.45, 2.75) is 33.1 Å². The molecule has 1 unspecified atom stereocenters. The van der Waals surface area contributed by atoms with Gasteiger partial charge in [-0.15, -0.1) is 0 Å². The van der Waals surface area contributed by atoms with Gasteiger partial charge >= 0.3 is 0 Å². The highest BCUT2D eigenvalue weighted by atomic mass is 15.0. The maximum Gasteiger partial charge on any atom is 0.0704 e. The summed E-state index contributed by atoms with van der Waals surface area (Å²) in [6, 6.07) is 39.4. The topological polar surface area (TPSA) is 17.8 Å². The Kier molecular flexibility index (Phi) is 5.97. The first kappa shape index (κ1) is 24.4. The number of fused-ring (bicyclic) bond motifs is 7. The van der Waals surface area contributed by atoms with Crippen molar-refractivity contribution in [3.05, 3.63) is 138 Å². The SMILES string of the molecule is C/C=C(/c1ccccn1)c1c(C(C)CC)c2c(c3ccccc13)c1c3ccccc3ccc1n2-c1ccccc1. The normalized spacial score (nSPS) is 13.0. The minimum atomic E-state index is 0.332. The molecule has 0 fully saturated rings. The van der Waals surface area contributed by atoms with Crippen LogP contribution in [0.3, 0.4) is 0 Å². The summed E-state index contributed by atoms with van der Waals surface area (Å²) >= 11 is 0. The van der Waals surface area contributed by atoms with Gasteiger partial charge in [-0.05, 0) is 82.3 Å². The predicted octanol–water partition coefficient (Wildman–Crippen LogP) is 10.5. The second-order valence-corrected chi connectivity index (χ2v) is 10.6. The van der Waals surface area contributed by atoms with E-state index in [9.17, 15) is 0 Å². The van der Waals surface area contributed by atoms with Gasteiger partial charge in [0.15, 0.2) is 0 Å². The highest BCUT2D eigenvalue weighted by molar-refractivity contribution is 6.30. The maximum atomic E-state index is 4.83. The molecule has 0 aliphatic rings. The van der Waals surface area contributed by atoms with Gasteiger partial charge in [0.1, 0.15) is 0 Å². The molecule has 7 rings (SSSR count). The Bertz CT molecular complexity index is 2050. The molecule has 5 aromatic carbocycles. The Morgan fingerprint density at radius 3 is 2.17 bits per heavy atom. The lowest BCUT2D eigenvalue weighted by molar-refractivity contribution is 0.735. The molecule has 0 N–H and O–H groups in total. The standard InChI is InChI=1S/C38H32N2/c1-4-25(3)34-35(28(5-2)32-21-13-14-24-39-32)30-19-11-12-20-31(30)37-36-29-18-10-9-15-26(29)22-23-33(36)40(38(34)37)27-16-7-6-8-17-27/h5-25H,4H2,1-3H3/b28-5-. The average Bonchev–Trinajstić information content (AvgIpc) is 3.37. The van der Waals surface area contributed by atoms with Crippen LogP contribution in [0.25, 0.3) is 54.6 Å². The number of para-hydroxylation sites is 1. The second-order valence-electron chi connectivity index (χ2n) is 10.6. The number of aromatic nitrogens is 2. The van der Waals surface area contributed by atoms with Crippen LogP contribution in [0.15, 0.2) is 121 Å². The van der Waals surface area contributed by atoms with Crippen LogP contribution in [0.2, 0.25) is 0 Å². The van der Waals surface area contributed by atoms with Crippen molar-refractivity contribution in [2.75, 3.05) is 0 Å². The summed E-state index contributed by atoms with van der Waals surface area (Å²) in [4.78, 5) is 4.83. The molecule has 2 heterocycles. The van der Waals surface area contributed by atoms with E-state index in [0.717, 1.165) is 12.1 Å². The zero-order valence-electron chi connectivity index (χ0n) is 23.2. The molecule has 0 aliphatic heterocycles. The van der Waals surface area contributed by atoms with Gasteiger partial charge in [0.25, 0.3) is 0 Å². The third-order valence-corrected chi connectivity index (χ3v) is 8.47. The zero-order valence-corrected chi connectivity index (χ0v) is 23.2. The number of pyridine rings is 1. The van der Waals surface area contributed by atoms with Gasteiger partial charge in [0.05, 0.1) is 16.7 Å². The van der Waals surface area contributed by atoms with Crippen molar-refractivity contribution in [2.24, 2.45) is 0 Å². The van der Waals surface area contributed by atoms with Gasteiger partial charge < -0.3 is 4.57 Å². The predicted molar refractivity (Wildman–Crippen MR) is 171 cm³/mol. The molecular formula is C38H32N2. The molecular weight excluding hydrogens is 484 g/mol. The highest BCUT2D eigenvalue weighted by Gasteiger charge is 2.27. The van der Waals surface area contributed by atoms with Gasteiger partial charge in [-0.25, -0.2) is 0 Å². The van der Waals surface area contributed by atoms with E-state index in [1.807, 2.05) is 12.3 Å². The van der Waals surface area contributed by atoms with E-state index in [-0.39, 0.29) is 0 Å². The molecule has 0 saturated heterocycles. The molecule has 0 radical (unpaired) electrons. The van der Waals surface area contributed by atoms with E-state index in [1.165, 1.54) is 65.7 Å². The summed E-state index contributed by atoms with van der Waals surface area (Å²) in [5.74, 6) is 0.332. The van der Waals surface area contributed by atoms with E-state index in [1.54, 1.807) is 0 Å². The third-order valence-electron chi connectivity index (χ3n) is 8.47. The molecule has 0 bridgehead atoms. The van der Waals surface area contributed by atoms with Crippen molar-refractivity contribution in [1.82, 2.24) is 9.55 Å². The smallest absolute Gasteiger partial charge is 0.0704 e. The molecule has 0 saturated carbocycles. The first-order valence-corrected chi connectivity index (χ1v) is 14.3. The van der Waals surface area contributed by atoms with Crippen LogP contribution < -0.4 is 0 Å². The number of nitrogens with zero attached hydrogens (tertiary/aromatic N) is 2. The second kappa shape index (κ2) is 9.81. The number of allylic oxidation sites excluding steroid dienone is 1. The molecule has 0 aliphatic carbocycles. The number of benzene rings is 5. The summed E-state index contributed by atoms with van der Waals surface area (Å²) in [6.45, 7) is 6.82. The van der Waals surface area contributed by atoms with Gasteiger partial charge in [0.2, 0.25) is 0 Å². The molecule has 1 atom stereocenters. The van der Waals surface area contributed by atoms with Crippen LogP contribution in [-0.2, 0) is 0 Å². The summed E-state index contributed by atoms with van der Waals surface area (Å²) in [5.41, 5.74) is 8.60. The lowest BCUT2D eigenvalue weighted by Gasteiger charge is -2.23. The molecule has 2 heteroatoms. The fourth-order valence-corrected chi connectivity index (χ4v) is 6.52. The lowest BCUT2D eigenvalue weighted by atomic mass is 9.82. The van der Waals surface area contributed by atoms with Crippen molar-refractivity contribution in [3.8, 4) is 5.69 Å². The molecule has 40 heavy (non-hydrogen) atoms. The fourth-order valence-electron chi connectivity index (χ4n) is 6.52. The van der Waals surface area contributed by atoms with Crippen LogP contribution >= 0.6 is 0 Å². The monoisotopic (exact) mass is 516 g/mol. The lowest BCUT2D eigenvalue weighted by Crippen LogP contribution is -2.06. The summed E-state index contributed by atoms with van der Waals surface area (Å²) in [7, 11) is 0. The largest absolute Gasteiger partial charge is 0.309 e. The zero-order chi connectivity index (χ0) is 27.2. The first-order valence-electron chi connectivity index (χ1n) is 14.3. The Hall–Kier alpha value is -4.69. The van der Waals surface area contributed by atoms with Crippen LogP contribution in [0, 0.1) is 0 Å². The highest BCUT2D eigenvalue weighted by Crippen LogP contribution is 2.48. The van der Waals surface area contributed by atoms with Gasteiger partial charge in [-0.3, -0.25) is 4.98 Å². The fraction of sp³-hybridized carbons (Fsp3) is 0.132. The van der Waals surface area contributed by atoms with E-state index < -0.39 is 0 Å². The molecule has 0 spiro atoms. The molecule has 7 aromatic rings. The van der Waals surface area contributed by atoms with Crippen molar-refractivity contribution >= 4 is 48.9 Å². The third kappa shape index (κ3) is 3.60. The van der Waals surface area contributed by atoms with E-state index in [4.69, 9.17) is 4.98 Å². The Labute approximate surface area is 235 Å². The van der Waals surface area contributed by atoms with Gasteiger partial charge in [-0.1, -0.05) is 98.8 Å². The Balaban J connectivity index is 1.82. The summed E-state index contributed by atoms with van der Waals surface area (Å²) in [5, 5.41) is 7.78. The van der Waals surface area contributed by atoms with Gasteiger partial charge in [-0.2, -0.15) is 0 Å². The number of hydrogen-bond donors (Lipinski definition) is 0. The number of rotatable bonds is 5. The molecule has 0 amide bonds. The number of hydrogen-bond acceptors (Lipinski definition) is 1. The van der Waals surface area contributed by atoms with Crippen LogP contribution in [0.1, 0.15) is 49.9 Å². The summed E-state index contributed by atoms with van der Waals surface area (Å²) in [6.07, 6.45) is 5.18. The van der Waals surface area contributed by atoms with Crippen molar-refractivity contribution in [1.29, 1.82) is 0 Å². The Morgan fingerprint density at radius 1 is 0.750 bits per heavy atom. The first-order chi connectivity index (χ1) is 19.7. The van der Waals surface area contributed by atoms with Crippen LogP contribution in [-0.4, -0.2) is 9.55 Å². The molecule has 2 aromatic heterocycles. The van der Waals surface area contributed by atoms with E-state index in [0.29, 0.717) is 5.92 Å². The average molecular weight is 517 g/mol. The molecule has 2 nitrogen and oxygen atoms in total. The van der Waals surface area contributed by atoms with Gasteiger partial charge in [0, 0.05) is 28.2 Å². The minimum Gasteiger partial charge on any atom is -0.309 e. The summed E-state index contributed by atoms with van der Waals surface area (Å²) < 4.78 is 2.51. The van der Waals surface area contributed by atoms with E-state index >= 15 is 0 Å².